The number of aryl methyl sites for hydroxylation is 1. The van der Waals surface area contributed by atoms with Gasteiger partial charge in [-0.15, -0.1) is 0 Å². The van der Waals surface area contributed by atoms with Crippen molar-refractivity contribution in [3.8, 4) is 0 Å². The average molecular weight is 311 g/mol. The molecular formula is C14H13N7S. The molecule has 0 aliphatic rings. The Kier molecular flexibility index (Phi) is 2.97. The third-order valence-corrected chi connectivity index (χ3v) is 4.07. The first-order chi connectivity index (χ1) is 10.7. The lowest BCUT2D eigenvalue weighted by atomic mass is 10.2. The minimum atomic E-state index is 0.00612. The largest absolute Gasteiger partial charge is 0.361 e. The summed E-state index contributed by atoms with van der Waals surface area (Å²) >= 11 is 1.51. The Morgan fingerprint density at radius 1 is 1.27 bits per heavy atom. The topological polar surface area (TPSA) is 80.9 Å². The number of hydrogen-bond donors (Lipinski definition) is 1. The van der Waals surface area contributed by atoms with Crippen LogP contribution in [0.4, 0.5) is 5.82 Å². The van der Waals surface area contributed by atoms with Gasteiger partial charge in [0.15, 0.2) is 5.65 Å². The number of fused-ring (bicyclic) bond motifs is 2. The number of rotatable bonds is 3. The predicted octanol–water partition coefficient (Wildman–Crippen LogP) is 2.61. The molecule has 7 nitrogen and oxygen atoms in total. The summed E-state index contributed by atoms with van der Waals surface area (Å²) in [6.07, 6.45) is 3.66. The molecule has 0 spiro atoms. The van der Waals surface area contributed by atoms with Crippen LogP contribution in [0.5, 0.6) is 0 Å². The van der Waals surface area contributed by atoms with E-state index in [2.05, 4.69) is 30.4 Å². The van der Waals surface area contributed by atoms with Crippen LogP contribution in [0.3, 0.4) is 0 Å². The molecule has 110 valence electrons. The van der Waals surface area contributed by atoms with Gasteiger partial charge in [-0.2, -0.15) is 5.10 Å². The first-order valence-electron chi connectivity index (χ1n) is 6.85. The van der Waals surface area contributed by atoms with Gasteiger partial charge in [0.05, 0.1) is 23.3 Å². The highest BCUT2D eigenvalue weighted by Gasteiger charge is 2.14. The molecule has 1 N–H and O–H groups in total. The van der Waals surface area contributed by atoms with E-state index in [9.17, 15) is 0 Å². The van der Waals surface area contributed by atoms with E-state index in [0.717, 1.165) is 21.9 Å². The van der Waals surface area contributed by atoms with Crippen molar-refractivity contribution in [3.05, 3.63) is 41.6 Å². The van der Waals surface area contributed by atoms with E-state index in [0.29, 0.717) is 11.5 Å². The van der Waals surface area contributed by atoms with E-state index < -0.39 is 0 Å². The van der Waals surface area contributed by atoms with Gasteiger partial charge in [-0.05, 0) is 26.0 Å². The Bertz CT molecular complexity index is 930. The molecule has 4 rings (SSSR count). The van der Waals surface area contributed by atoms with E-state index in [1.165, 1.54) is 11.3 Å². The summed E-state index contributed by atoms with van der Waals surface area (Å²) in [6, 6.07) is 3.85. The Hall–Kier alpha value is -2.61. The van der Waals surface area contributed by atoms with Crippen LogP contribution in [0.15, 0.2) is 30.0 Å². The third-order valence-electron chi connectivity index (χ3n) is 3.38. The molecule has 0 aliphatic carbocycles. The zero-order valence-electron chi connectivity index (χ0n) is 12.1. The van der Waals surface area contributed by atoms with Crippen LogP contribution < -0.4 is 5.32 Å². The van der Waals surface area contributed by atoms with Crippen LogP contribution >= 0.6 is 11.3 Å². The van der Waals surface area contributed by atoms with E-state index in [1.807, 2.05) is 32.2 Å². The first kappa shape index (κ1) is 13.1. The van der Waals surface area contributed by atoms with E-state index in [1.54, 1.807) is 16.2 Å². The normalized spacial score (nSPS) is 12.8. The van der Waals surface area contributed by atoms with Gasteiger partial charge in [-0.1, -0.05) is 11.3 Å². The van der Waals surface area contributed by atoms with Gasteiger partial charge in [-0.3, -0.25) is 0 Å². The molecule has 22 heavy (non-hydrogen) atoms. The van der Waals surface area contributed by atoms with Crippen molar-refractivity contribution in [2.24, 2.45) is 0 Å². The number of nitrogens with zero attached hydrogens (tertiary/aromatic N) is 6. The van der Waals surface area contributed by atoms with Crippen LogP contribution in [-0.2, 0) is 0 Å². The van der Waals surface area contributed by atoms with Crippen molar-refractivity contribution < 1.29 is 0 Å². The molecule has 0 amide bonds. The summed E-state index contributed by atoms with van der Waals surface area (Å²) in [4.78, 5) is 18.6. The second kappa shape index (κ2) is 4.99. The molecule has 0 saturated heterocycles. The van der Waals surface area contributed by atoms with Crippen LogP contribution in [0.2, 0.25) is 0 Å². The maximum absolute atomic E-state index is 4.57. The summed E-state index contributed by atoms with van der Waals surface area (Å²) in [7, 11) is 0. The fraction of sp³-hybridized carbons (Fsp3) is 0.214. The minimum Gasteiger partial charge on any atom is -0.361 e. The second-order valence-corrected chi connectivity index (χ2v) is 5.80. The molecule has 4 aromatic heterocycles. The number of anilines is 1. The summed E-state index contributed by atoms with van der Waals surface area (Å²) < 4.78 is 1.78. The minimum absolute atomic E-state index is 0.00612. The van der Waals surface area contributed by atoms with Gasteiger partial charge in [0, 0.05) is 6.20 Å². The SMILES string of the molecule is Cc1nc(N[C@H](C)c2cn3ncsc3n2)c2cccnc2n1. The highest BCUT2D eigenvalue weighted by atomic mass is 32.1. The Morgan fingerprint density at radius 2 is 2.18 bits per heavy atom. The standard InChI is InChI=1S/C14H13N7S/c1-8(11-6-21-14(20-11)22-7-16-21)17-13-10-4-3-5-15-12(10)18-9(2)19-13/h3-8H,1-2H3,(H,15,17,18,19)/t8-/m1/s1. The van der Waals surface area contributed by atoms with Gasteiger partial charge in [0.1, 0.15) is 17.2 Å². The number of aromatic nitrogens is 6. The number of imidazole rings is 1. The highest BCUT2D eigenvalue weighted by Crippen LogP contribution is 2.24. The Balaban J connectivity index is 1.72. The molecular weight excluding hydrogens is 298 g/mol. The zero-order chi connectivity index (χ0) is 15.1. The molecule has 0 saturated carbocycles. The molecule has 0 unspecified atom stereocenters. The van der Waals surface area contributed by atoms with Crippen molar-refractivity contribution in [3.63, 3.8) is 0 Å². The van der Waals surface area contributed by atoms with Gasteiger partial charge in [-0.25, -0.2) is 24.5 Å². The highest BCUT2D eigenvalue weighted by molar-refractivity contribution is 7.14. The molecule has 0 aliphatic heterocycles. The van der Waals surface area contributed by atoms with Crippen molar-refractivity contribution in [2.45, 2.75) is 19.9 Å². The smallest absolute Gasteiger partial charge is 0.212 e. The monoisotopic (exact) mass is 311 g/mol. The maximum Gasteiger partial charge on any atom is 0.212 e. The number of nitrogens with one attached hydrogen (secondary N) is 1. The molecule has 0 aromatic carbocycles. The number of hydrogen-bond acceptors (Lipinski definition) is 7. The summed E-state index contributed by atoms with van der Waals surface area (Å²) in [5.74, 6) is 1.46. The van der Waals surface area contributed by atoms with Crippen molar-refractivity contribution in [1.29, 1.82) is 0 Å². The van der Waals surface area contributed by atoms with Crippen LogP contribution in [0.25, 0.3) is 16.0 Å². The Labute approximate surface area is 130 Å². The zero-order valence-corrected chi connectivity index (χ0v) is 12.9. The van der Waals surface area contributed by atoms with Crippen LogP contribution in [-0.4, -0.2) is 29.5 Å². The lowest BCUT2D eigenvalue weighted by molar-refractivity contribution is 0.837. The third kappa shape index (κ3) is 2.17. The molecule has 1 atom stereocenters. The summed E-state index contributed by atoms with van der Waals surface area (Å²) in [6.45, 7) is 3.91. The average Bonchev–Trinajstić information content (AvgIpc) is 3.08. The van der Waals surface area contributed by atoms with Gasteiger partial charge >= 0.3 is 0 Å². The van der Waals surface area contributed by atoms with Crippen molar-refractivity contribution in [2.75, 3.05) is 5.32 Å². The number of pyridine rings is 1. The molecule has 0 radical (unpaired) electrons. The van der Waals surface area contributed by atoms with Crippen LogP contribution in [0.1, 0.15) is 24.5 Å². The fourth-order valence-electron chi connectivity index (χ4n) is 2.32. The van der Waals surface area contributed by atoms with E-state index in [4.69, 9.17) is 0 Å². The first-order valence-corrected chi connectivity index (χ1v) is 7.73. The van der Waals surface area contributed by atoms with Crippen molar-refractivity contribution in [1.82, 2.24) is 29.5 Å². The lowest BCUT2D eigenvalue weighted by Crippen LogP contribution is -2.10. The Morgan fingerprint density at radius 3 is 3.05 bits per heavy atom. The quantitative estimate of drug-likeness (QED) is 0.626. The maximum atomic E-state index is 4.57. The molecule has 4 aromatic rings. The second-order valence-electron chi connectivity index (χ2n) is 4.99. The molecule has 0 fully saturated rings. The van der Waals surface area contributed by atoms with Crippen LogP contribution in [0, 0.1) is 6.92 Å². The van der Waals surface area contributed by atoms with E-state index >= 15 is 0 Å². The van der Waals surface area contributed by atoms with Crippen molar-refractivity contribution >= 4 is 33.1 Å². The molecule has 4 heterocycles. The fourth-order valence-corrected chi connectivity index (χ4v) is 2.93. The summed E-state index contributed by atoms with van der Waals surface area (Å²) in [5, 5.41) is 8.51. The van der Waals surface area contributed by atoms with Gasteiger partial charge < -0.3 is 5.32 Å². The lowest BCUT2D eigenvalue weighted by Gasteiger charge is -2.14. The summed E-state index contributed by atoms with van der Waals surface area (Å²) in [5.41, 5.74) is 3.39. The molecule has 8 heteroatoms. The van der Waals surface area contributed by atoms with Gasteiger partial charge in [0.25, 0.3) is 0 Å². The van der Waals surface area contributed by atoms with Gasteiger partial charge in [0.2, 0.25) is 4.96 Å². The van der Waals surface area contributed by atoms with E-state index in [-0.39, 0.29) is 6.04 Å². The molecule has 0 bridgehead atoms. The predicted molar refractivity (Wildman–Crippen MR) is 85.0 cm³/mol.